The van der Waals surface area contributed by atoms with E-state index in [1.54, 1.807) is 11.8 Å². The quantitative estimate of drug-likeness (QED) is 0.942. The number of fused-ring (bicyclic) bond motifs is 1. The van der Waals surface area contributed by atoms with Crippen LogP contribution in [0.15, 0.2) is 12.1 Å². The van der Waals surface area contributed by atoms with E-state index < -0.39 is 0 Å². The molecule has 124 valence electrons. The maximum atomic E-state index is 5.88. The summed E-state index contributed by atoms with van der Waals surface area (Å²) in [4.78, 5) is 0. The summed E-state index contributed by atoms with van der Waals surface area (Å²) in [5.41, 5.74) is 5.86. The molecule has 0 bridgehead atoms. The van der Waals surface area contributed by atoms with Gasteiger partial charge >= 0.3 is 0 Å². The van der Waals surface area contributed by atoms with Gasteiger partial charge in [0.2, 0.25) is 5.88 Å². The van der Waals surface area contributed by atoms with Gasteiger partial charge in [0.05, 0.1) is 25.0 Å². The topological polar surface area (TPSA) is 48.3 Å². The lowest BCUT2D eigenvalue weighted by molar-refractivity contribution is 0.250. The summed E-state index contributed by atoms with van der Waals surface area (Å²) in [5, 5.41) is 8.11. The van der Waals surface area contributed by atoms with Gasteiger partial charge in [0.15, 0.2) is 0 Å². The van der Waals surface area contributed by atoms with Crippen molar-refractivity contribution in [3.8, 4) is 11.6 Å². The average Bonchev–Trinajstić information content (AvgIpc) is 2.78. The van der Waals surface area contributed by atoms with E-state index in [0.717, 1.165) is 42.5 Å². The number of aryl methyl sites for hydroxylation is 4. The first-order valence-electron chi connectivity index (χ1n) is 8.05. The number of ether oxygens (including phenoxy) is 2. The minimum Gasteiger partial charge on any atom is -0.493 e. The molecule has 1 aromatic carbocycles. The Labute approximate surface area is 137 Å². The molecule has 1 aromatic heterocycles. The number of rotatable bonds is 4. The summed E-state index contributed by atoms with van der Waals surface area (Å²) in [5.74, 6) is 1.86. The third-order valence-electron chi connectivity index (χ3n) is 4.48. The Hall–Kier alpha value is -2.01. The van der Waals surface area contributed by atoms with Gasteiger partial charge in [0, 0.05) is 31.6 Å². The monoisotopic (exact) mass is 315 g/mol. The summed E-state index contributed by atoms with van der Waals surface area (Å²) >= 11 is 0. The molecule has 0 radical (unpaired) electrons. The van der Waals surface area contributed by atoms with Crippen molar-refractivity contribution in [3.63, 3.8) is 0 Å². The third kappa shape index (κ3) is 2.93. The highest BCUT2D eigenvalue weighted by atomic mass is 16.5. The highest BCUT2D eigenvalue weighted by Crippen LogP contribution is 2.36. The van der Waals surface area contributed by atoms with Crippen LogP contribution in [0.4, 0.5) is 0 Å². The summed E-state index contributed by atoms with van der Waals surface area (Å²) in [7, 11) is 3.60. The predicted molar refractivity (Wildman–Crippen MR) is 90.1 cm³/mol. The Balaban J connectivity index is 1.84. The number of aromatic nitrogens is 2. The fourth-order valence-electron chi connectivity index (χ4n) is 3.45. The fraction of sp³-hybridized carbons (Fsp3) is 0.500. The lowest BCUT2D eigenvalue weighted by Crippen LogP contribution is -2.27. The van der Waals surface area contributed by atoms with Gasteiger partial charge in [-0.05, 0) is 26.3 Å². The molecular weight excluding hydrogens is 290 g/mol. The van der Waals surface area contributed by atoms with Gasteiger partial charge in [-0.2, -0.15) is 5.10 Å². The average molecular weight is 315 g/mol. The zero-order valence-electron chi connectivity index (χ0n) is 14.6. The minimum atomic E-state index is 0.293. The number of nitrogens with one attached hydrogen (secondary N) is 1. The zero-order chi connectivity index (χ0) is 16.6. The summed E-state index contributed by atoms with van der Waals surface area (Å²) in [6.07, 6.45) is 0.970. The van der Waals surface area contributed by atoms with Crippen LogP contribution in [0.25, 0.3) is 0 Å². The van der Waals surface area contributed by atoms with Gasteiger partial charge in [0.1, 0.15) is 5.75 Å². The number of hydrogen-bond acceptors (Lipinski definition) is 4. The number of hydrogen-bond donors (Lipinski definition) is 1. The molecule has 0 fully saturated rings. The minimum absolute atomic E-state index is 0.293. The molecule has 2 heterocycles. The van der Waals surface area contributed by atoms with E-state index in [1.807, 2.05) is 14.0 Å². The van der Waals surface area contributed by atoms with Crippen molar-refractivity contribution in [2.75, 3.05) is 13.7 Å². The highest BCUT2D eigenvalue weighted by molar-refractivity contribution is 5.46. The molecule has 1 N–H and O–H groups in total. The van der Waals surface area contributed by atoms with Crippen molar-refractivity contribution >= 4 is 0 Å². The van der Waals surface area contributed by atoms with Crippen LogP contribution < -0.4 is 14.8 Å². The van der Waals surface area contributed by atoms with Gasteiger partial charge in [-0.1, -0.05) is 17.7 Å². The maximum absolute atomic E-state index is 5.88. The first-order valence-corrected chi connectivity index (χ1v) is 8.05. The van der Waals surface area contributed by atoms with Gasteiger partial charge in [-0.3, -0.25) is 0 Å². The Kier molecular flexibility index (Phi) is 4.31. The summed E-state index contributed by atoms with van der Waals surface area (Å²) in [6, 6.07) is 4.70. The molecule has 0 saturated carbocycles. The van der Waals surface area contributed by atoms with E-state index in [0.29, 0.717) is 6.04 Å². The van der Waals surface area contributed by atoms with Gasteiger partial charge in [-0.25, -0.2) is 4.68 Å². The third-order valence-corrected chi connectivity index (χ3v) is 4.48. The summed E-state index contributed by atoms with van der Waals surface area (Å²) < 4.78 is 13.2. The van der Waals surface area contributed by atoms with E-state index in [1.165, 1.54) is 16.7 Å². The predicted octanol–water partition coefficient (Wildman–Crippen LogP) is 2.97. The molecule has 5 heteroatoms. The Bertz CT molecular complexity index is 722. The van der Waals surface area contributed by atoms with Crippen LogP contribution in [0.1, 0.15) is 40.4 Å². The lowest BCUT2D eigenvalue weighted by Gasteiger charge is -2.28. The van der Waals surface area contributed by atoms with Crippen molar-refractivity contribution in [1.82, 2.24) is 15.1 Å². The van der Waals surface area contributed by atoms with Crippen LogP contribution in [0.5, 0.6) is 11.6 Å². The Morgan fingerprint density at radius 3 is 2.87 bits per heavy atom. The van der Waals surface area contributed by atoms with E-state index in [9.17, 15) is 0 Å². The number of nitrogens with zero attached hydrogens (tertiary/aromatic N) is 2. The molecule has 5 nitrogen and oxygen atoms in total. The molecule has 0 saturated heterocycles. The molecule has 0 amide bonds. The lowest BCUT2D eigenvalue weighted by atomic mass is 9.95. The van der Waals surface area contributed by atoms with Crippen LogP contribution >= 0.6 is 0 Å². The van der Waals surface area contributed by atoms with Crippen LogP contribution in [-0.2, 0) is 13.6 Å². The zero-order valence-corrected chi connectivity index (χ0v) is 14.6. The molecule has 3 rings (SSSR count). The van der Waals surface area contributed by atoms with E-state index in [4.69, 9.17) is 9.47 Å². The van der Waals surface area contributed by atoms with Gasteiger partial charge < -0.3 is 14.8 Å². The molecule has 0 unspecified atom stereocenters. The molecule has 1 atom stereocenters. The SMILES string of the molecule is COc1c(CN[C@@H]2CCOc3c(C)cc(C)cc32)c(C)nn1C. The largest absolute Gasteiger partial charge is 0.493 e. The molecule has 1 aliphatic rings. The Morgan fingerprint density at radius 2 is 2.13 bits per heavy atom. The Morgan fingerprint density at radius 1 is 1.35 bits per heavy atom. The number of methoxy groups -OCH3 is 1. The first-order chi connectivity index (χ1) is 11.0. The van der Waals surface area contributed by atoms with Crippen LogP contribution in [0, 0.1) is 20.8 Å². The molecule has 2 aromatic rings. The van der Waals surface area contributed by atoms with Crippen LogP contribution in [0.3, 0.4) is 0 Å². The van der Waals surface area contributed by atoms with Crippen molar-refractivity contribution < 1.29 is 9.47 Å². The second kappa shape index (κ2) is 6.24. The standard InChI is InChI=1S/C18H25N3O2/c1-11-8-12(2)17-14(9-11)16(6-7-23-17)19-10-15-13(3)20-21(4)18(15)22-5/h8-9,16,19H,6-7,10H2,1-5H3/t16-/m1/s1. The van der Waals surface area contributed by atoms with Crippen LogP contribution in [-0.4, -0.2) is 23.5 Å². The number of benzene rings is 1. The van der Waals surface area contributed by atoms with E-state index >= 15 is 0 Å². The second-order valence-electron chi connectivity index (χ2n) is 6.27. The smallest absolute Gasteiger partial charge is 0.216 e. The highest BCUT2D eigenvalue weighted by Gasteiger charge is 2.24. The molecule has 0 aliphatic carbocycles. The summed E-state index contributed by atoms with van der Waals surface area (Å²) in [6.45, 7) is 7.75. The molecule has 0 spiro atoms. The van der Waals surface area contributed by atoms with Crippen molar-refractivity contribution in [3.05, 3.63) is 40.1 Å². The first kappa shape index (κ1) is 15.9. The normalized spacial score (nSPS) is 16.8. The van der Waals surface area contributed by atoms with E-state index in [2.05, 4.69) is 36.4 Å². The van der Waals surface area contributed by atoms with Crippen molar-refractivity contribution in [2.24, 2.45) is 7.05 Å². The van der Waals surface area contributed by atoms with Crippen molar-refractivity contribution in [2.45, 2.75) is 39.8 Å². The van der Waals surface area contributed by atoms with Gasteiger partial charge in [0.25, 0.3) is 0 Å². The second-order valence-corrected chi connectivity index (χ2v) is 6.27. The maximum Gasteiger partial charge on any atom is 0.216 e. The van der Waals surface area contributed by atoms with Crippen molar-refractivity contribution in [1.29, 1.82) is 0 Å². The van der Waals surface area contributed by atoms with E-state index in [-0.39, 0.29) is 0 Å². The molecule has 1 aliphatic heterocycles. The fourth-order valence-corrected chi connectivity index (χ4v) is 3.45. The van der Waals surface area contributed by atoms with Crippen LogP contribution in [0.2, 0.25) is 0 Å². The molecule has 23 heavy (non-hydrogen) atoms. The molecular formula is C18H25N3O2. The van der Waals surface area contributed by atoms with Gasteiger partial charge in [-0.15, -0.1) is 0 Å².